The van der Waals surface area contributed by atoms with E-state index >= 15 is 0 Å². The van der Waals surface area contributed by atoms with Gasteiger partial charge in [-0.2, -0.15) is 0 Å². The van der Waals surface area contributed by atoms with E-state index in [1.165, 1.54) is 5.56 Å². The summed E-state index contributed by atoms with van der Waals surface area (Å²) in [5.41, 5.74) is 2.18. The van der Waals surface area contributed by atoms with Crippen LogP contribution >= 0.6 is 0 Å². The van der Waals surface area contributed by atoms with Gasteiger partial charge in [0.2, 0.25) is 5.91 Å². The van der Waals surface area contributed by atoms with Crippen LogP contribution in [-0.2, 0) is 16.8 Å². The van der Waals surface area contributed by atoms with Gasteiger partial charge in [0, 0.05) is 5.92 Å². The second kappa shape index (κ2) is 6.40. The zero-order chi connectivity index (χ0) is 14.6. The van der Waals surface area contributed by atoms with Crippen molar-refractivity contribution in [3.05, 3.63) is 35.4 Å². The summed E-state index contributed by atoms with van der Waals surface area (Å²) in [6, 6.07) is 8.55. The average molecular weight is 274 g/mol. The summed E-state index contributed by atoms with van der Waals surface area (Å²) in [6.07, 6.45) is 2.93. The predicted molar refractivity (Wildman–Crippen MR) is 82.6 cm³/mol. The summed E-state index contributed by atoms with van der Waals surface area (Å²) < 4.78 is 0. The number of hydrogen-bond donors (Lipinski definition) is 2. The molecule has 0 bridgehead atoms. The van der Waals surface area contributed by atoms with E-state index in [2.05, 4.69) is 55.7 Å². The van der Waals surface area contributed by atoms with E-state index in [-0.39, 0.29) is 17.4 Å². The van der Waals surface area contributed by atoms with Crippen LogP contribution in [0.1, 0.15) is 44.7 Å². The molecule has 1 heterocycles. The molecule has 2 rings (SSSR count). The number of nitrogens with one attached hydrogen (secondary N) is 2. The van der Waals surface area contributed by atoms with Crippen LogP contribution < -0.4 is 10.6 Å². The summed E-state index contributed by atoms with van der Waals surface area (Å²) in [4.78, 5) is 12.4. The number of piperidine rings is 1. The Morgan fingerprint density at radius 2 is 1.85 bits per heavy atom. The Morgan fingerprint density at radius 1 is 1.25 bits per heavy atom. The lowest BCUT2D eigenvalue weighted by Gasteiger charge is -2.31. The lowest BCUT2D eigenvalue weighted by Crippen LogP contribution is -2.46. The highest BCUT2D eigenvalue weighted by molar-refractivity contribution is 5.79. The van der Waals surface area contributed by atoms with Crippen molar-refractivity contribution in [1.29, 1.82) is 0 Å². The van der Waals surface area contributed by atoms with E-state index < -0.39 is 0 Å². The van der Waals surface area contributed by atoms with E-state index in [1.807, 2.05) is 0 Å². The minimum absolute atomic E-state index is 0.158. The second-order valence-electron chi connectivity index (χ2n) is 6.19. The van der Waals surface area contributed by atoms with Crippen LogP contribution in [0.4, 0.5) is 0 Å². The minimum Gasteiger partial charge on any atom is -0.347 e. The van der Waals surface area contributed by atoms with Crippen molar-refractivity contribution in [3.8, 4) is 0 Å². The fourth-order valence-corrected chi connectivity index (χ4v) is 2.72. The van der Waals surface area contributed by atoms with Crippen molar-refractivity contribution in [2.75, 3.05) is 13.1 Å². The van der Waals surface area contributed by atoms with Crippen molar-refractivity contribution in [3.63, 3.8) is 0 Å². The van der Waals surface area contributed by atoms with Crippen LogP contribution in [0.15, 0.2) is 24.3 Å². The van der Waals surface area contributed by atoms with Gasteiger partial charge in [-0.3, -0.25) is 4.79 Å². The zero-order valence-electron chi connectivity index (χ0n) is 12.8. The zero-order valence-corrected chi connectivity index (χ0v) is 12.8. The van der Waals surface area contributed by atoms with Crippen LogP contribution in [0.5, 0.6) is 0 Å². The van der Waals surface area contributed by atoms with Gasteiger partial charge in [-0.1, -0.05) is 31.2 Å². The van der Waals surface area contributed by atoms with E-state index in [1.54, 1.807) is 0 Å². The molecule has 0 aliphatic carbocycles. The number of amides is 1. The number of benzene rings is 1. The molecule has 0 aromatic heterocycles. The third kappa shape index (κ3) is 3.60. The first-order valence-electron chi connectivity index (χ1n) is 7.65. The first-order valence-corrected chi connectivity index (χ1v) is 7.65. The first-order chi connectivity index (χ1) is 9.53. The predicted octanol–water partition coefficient (Wildman–Crippen LogP) is 2.60. The number of hydrogen-bond acceptors (Lipinski definition) is 2. The quantitative estimate of drug-likeness (QED) is 0.886. The van der Waals surface area contributed by atoms with E-state index in [9.17, 15) is 4.79 Å². The molecule has 0 atom stereocenters. The molecule has 1 aromatic rings. The number of carbonyl (C=O) groups is 1. The number of aryl methyl sites for hydroxylation is 1. The fraction of sp³-hybridized carbons (Fsp3) is 0.588. The summed E-state index contributed by atoms with van der Waals surface area (Å²) in [5, 5.41) is 6.51. The molecule has 1 fully saturated rings. The Hall–Kier alpha value is -1.35. The number of rotatable bonds is 4. The van der Waals surface area contributed by atoms with E-state index in [4.69, 9.17) is 0 Å². The smallest absolute Gasteiger partial charge is 0.223 e. The fourth-order valence-electron chi connectivity index (χ4n) is 2.72. The van der Waals surface area contributed by atoms with Crippen molar-refractivity contribution < 1.29 is 4.79 Å². The minimum atomic E-state index is -0.311. The van der Waals surface area contributed by atoms with E-state index in [0.29, 0.717) is 0 Å². The SMILES string of the molecule is CCc1ccc(C(C)(C)NC(=O)C2CCNCC2)cc1. The standard InChI is InChI=1S/C17H26N2O/c1-4-13-5-7-15(8-6-13)17(2,3)19-16(20)14-9-11-18-12-10-14/h5-8,14,18H,4,9-12H2,1-3H3,(H,19,20). The van der Waals surface area contributed by atoms with Crippen LogP contribution in [-0.4, -0.2) is 19.0 Å². The largest absolute Gasteiger partial charge is 0.347 e. The molecule has 20 heavy (non-hydrogen) atoms. The maximum atomic E-state index is 12.4. The Labute approximate surface area is 122 Å². The lowest BCUT2D eigenvalue weighted by atomic mass is 9.90. The van der Waals surface area contributed by atoms with Crippen molar-refractivity contribution in [1.82, 2.24) is 10.6 Å². The van der Waals surface area contributed by atoms with Crippen LogP contribution in [0.3, 0.4) is 0 Å². The summed E-state index contributed by atoms with van der Waals surface area (Å²) >= 11 is 0. The highest BCUT2D eigenvalue weighted by Crippen LogP contribution is 2.22. The highest BCUT2D eigenvalue weighted by atomic mass is 16.2. The van der Waals surface area contributed by atoms with Crippen molar-refractivity contribution in [2.24, 2.45) is 5.92 Å². The van der Waals surface area contributed by atoms with Crippen LogP contribution in [0.2, 0.25) is 0 Å². The molecule has 1 amide bonds. The van der Waals surface area contributed by atoms with E-state index in [0.717, 1.165) is 37.9 Å². The Morgan fingerprint density at radius 3 is 2.40 bits per heavy atom. The monoisotopic (exact) mass is 274 g/mol. The molecule has 1 aromatic carbocycles. The average Bonchev–Trinajstić information content (AvgIpc) is 2.48. The number of carbonyl (C=O) groups excluding carboxylic acids is 1. The third-order valence-electron chi connectivity index (χ3n) is 4.23. The van der Waals surface area contributed by atoms with Gasteiger partial charge in [0.05, 0.1) is 5.54 Å². The molecule has 2 N–H and O–H groups in total. The van der Waals surface area contributed by atoms with Gasteiger partial charge in [-0.15, -0.1) is 0 Å². The molecule has 3 nitrogen and oxygen atoms in total. The Kier molecular flexibility index (Phi) is 4.81. The Bertz CT molecular complexity index is 445. The van der Waals surface area contributed by atoms with Crippen molar-refractivity contribution in [2.45, 2.75) is 45.6 Å². The molecular weight excluding hydrogens is 248 g/mol. The lowest BCUT2D eigenvalue weighted by molar-refractivity contribution is -0.127. The van der Waals surface area contributed by atoms with Gasteiger partial charge >= 0.3 is 0 Å². The maximum absolute atomic E-state index is 12.4. The second-order valence-corrected chi connectivity index (χ2v) is 6.19. The molecule has 1 aliphatic rings. The van der Waals surface area contributed by atoms with Crippen LogP contribution in [0.25, 0.3) is 0 Å². The molecule has 0 unspecified atom stereocenters. The molecule has 1 aliphatic heterocycles. The molecule has 0 spiro atoms. The topological polar surface area (TPSA) is 41.1 Å². The summed E-state index contributed by atoms with van der Waals surface area (Å²) in [7, 11) is 0. The highest BCUT2D eigenvalue weighted by Gasteiger charge is 2.28. The van der Waals surface area contributed by atoms with Crippen LogP contribution in [0, 0.1) is 5.92 Å². The molecular formula is C17H26N2O. The maximum Gasteiger partial charge on any atom is 0.223 e. The van der Waals surface area contributed by atoms with Gasteiger partial charge in [0.25, 0.3) is 0 Å². The van der Waals surface area contributed by atoms with Crippen molar-refractivity contribution >= 4 is 5.91 Å². The first kappa shape index (κ1) is 15.0. The molecule has 1 saturated heterocycles. The van der Waals surface area contributed by atoms with Gasteiger partial charge in [-0.05, 0) is 57.3 Å². The van der Waals surface area contributed by atoms with Gasteiger partial charge in [-0.25, -0.2) is 0 Å². The van der Waals surface area contributed by atoms with Gasteiger partial charge < -0.3 is 10.6 Å². The normalized spacial score (nSPS) is 16.9. The molecule has 110 valence electrons. The third-order valence-corrected chi connectivity index (χ3v) is 4.23. The Balaban J connectivity index is 2.03. The van der Waals surface area contributed by atoms with Gasteiger partial charge in [0.1, 0.15) is 0 Å². The molecule has 3 heteroatoms. The summed E-state index contributed by atoms with van der Waals surface area (Å²) in [5.74, 6) is 0.349. The molecule has 0 saturated carbocycles. The summed E-state index contributed by atoms with van der Waals surface area (Å²) in [6.45, 7) is 8.20. The van der Waals surface area contributed by atoms with Gasteiger partial charge in [0.15, 0.2) is 0 Å². The molecule has 0 radical (unpaired) electrons.